The Hall–Kier alpha value is -2.30. The molecule has 0 saturated carbocycles. The standard InChI is InChI=1S/C21H31N7O.HI/c1-2-22-21(25-11-14-26-12-5-6-13-26)24-10-8-20(29)28-17-15-27(16-18-28)19-7-3-4-9-23-19;/h3-7,9,12-13H,2,8,10-11,14-18H2,1H3,(H2,22,24,25);1H. The molecule has 1 saturated heterocycles. The summed E-state index contributed by atoms with van der Waals surface area (Å²) >= 11 is 0. The second-order valence-corrected chi connectivity index (χ2v) is 6.91. The Kier molecular flexibility index (Phi) is 10.5. The van der Waals surface area contributed by atoms with Crippen LogP contribution < -0.4 is 15.5 Å². The van der Waals surface area contributed by atoms with Gasteiger partial charge in [0.25, 0.3) is 0 Å². The summed E-state index contributed by atoms with van der Waals surface area (Å²) in [6.45, 7) is 8.06. The van der Waals surface area contributed by atoms with Crippen molar-refractivity contribution < 1.29 is 4.79 Å². The molecule has 2 aromatic rings. The first kappa shape index (κ1) is 24.0. The molecule has 2 N–H and O–H groups in total. The van der Waals surface area contributed by atoms with E-state index in [1.807, 2.05) is 54.5 Å². The molecule has 0 aliphatic carbocycles. The third-order valence-corrected chi connectivity index (χ3v) is 4.87. The predicted molar refractivity (Wildman–Crippen MR) is 131 cm³/mol. The van der Waals surface area contributed by atoms with E-state index in [4.69, 9.17) is 0 Å². The van der Waals surface area contributed by atoms with Gasteiger partial charge in [0, 0.05) is 70.8 Å². The summed E-state index contributed by atoms with van der Waals surface area (Å²) in [6, 6.07) is 9.95. The topological polar surface area (TPSA) is 77.8 Å². The largest absolute Gasteiger partial charge is 0.357 e. The Bertz CT molecular complexity index is 759. The lowest BCUT2D eigenvalue weighted by Crippen LogP contribution is -2.49. The van der Waals surface area contributed by atoms with E-state index in [0.717, 1.165) is 57.6 Å². The van der Waals surface area contributed by atoms with Gasteiger partial charge in [0.15, 0.2) is 5.96 Å². The molecule has 164 valence electrons. The zero-order valence-electron chi connectivity index (χ0n) is 17.5. The number of amides is 1. The summed E-state index contributed by atoms with van der Waals surface area (Å²) < 4.78 is 2.12. The van der Waals surface area contributed by atoms with Crippen molar-refractivity contribution in [1.29, 1.82) is 0 Å². The van der Waals surface area contributed by atoms with Gasteiger partial charge < -0.3 is 25.0 Å². The summed E-state index contributed by atoms with van der Waals surface area (Å²) in [5.74, 6) is 1.90. The van der Waals surface area contributed by atoms with Crippen LogP contribution in [0.25, 0.3) is 0 Å². The number of nitrogens with zero attached hydrogens (tertiary/aromatic N) is 5. The van der Waals surface area contributed by atoms with Gasteiger partial charge in [-0.05, 0) is 31.2 Å². The van der Waals surface area contributed by atoms with Crippen LogP contribution in [0.4, 0.5) is 5.82 Å². The Morgan fingerprint density at radius 2 is 1.87 bits per heavy atom. The summed E-state index contributed by atoms with van der Waals surface area (Å²) in [5.41, 5.74) is 0. The molecule has 0 unspecified atom stereocenters. The number of rotatable bonds is 8. The van der Waals surface area contributed by atoms with Crippen molar-refractivity contribution in [2.24, 2.45) is 4.99 Å². The molecule has 0 radical (unpaired) electrons. The number of carbonyl (C=O) groups is 1. The van der Waals surface area contributed by atoms with Crippen molar-refractivity contribution >= 4 is 41.7 Å². The van der Waals surface area contributed by atoms with E-state index in [-0.39, 0.29) is 29.9 Å². The summed E-state index contributed by atoms with van der Waals surface area (Å²) in [5, 5.41) is 6.55. The summed E-state index contributed by atoms with van der Waals surface area (Å²) in [6.07, 6.45) is 6.31. The number of anilines is 1. The van der Waals surface area contributed by atoms with E-state index in [2.05, 4.69) is 30.1 Å². The molecule has 0 bridgehead atoms. The maximum atomic E-state index is 12.5. The summed E-state index contributed by atoms with van der Waals surface area (Å²) in [4.78, 5) is 25.6. The zero-order valence-corrected chi connectivity index (χ0v) is 19.9. The highest BCUT2D eigenvalue weighted by molar-refractivity contribution is 14.0. The van der Waals surface area contributed by atoms with Gasteiger partial charge >= 0.3 is 0 Å². The maximum absolute atomic E-state index is 12.5. The highest BCUT2D eigenvalue weighted by Gasteiger charge is 2.21. The molecule has 1 fully saturated rings. The van der Waals surface area contributed by atoms with Gasteiger partial charge in [-0.2, -0.15) is 0 Å². The number of halogens is 1. The van der Waals surface area contributed by atoms with Gasteiger partial charge in [-0.3, -0.25) is 9.79 Å². The van der Waals surface area contributed by atoms with E-state index in [9.17, 15) is 4.79 Å². The zero-order chi connectivity index (χ0) is 20.3. The van der Waals surface area contributed by atoms with E-state index in [1.165, 1.54) is 0 Å². The van der Waals surface area contributed by atoms with Crippen molar-refractivity contribution in [2.75, 3.05) is 50.7 Å². The van der Waals surface area contributed by atoms with Gasteiger partial charge in [-0.1, -0.05) is 6.07 Å². The Labute approximate surface area is 195 Å². The fourth-order valence-corrected chi connectivity index (χ4v) is 3.31. The number of piperazine rings is 1. The average Bonchev–Trinajstić information content (AvgIpc) is 3.28. The molecular weight excluding hydrogens is 493 g/mol. The molecule has 0 atom stereocenters. The van der Waals surface area contributed by atoms with Crippen molar-refractivity contribution in [3.8, 4) is 0 Å². The first-order chi connectivity index (χ1) is 14.3. The van der Waals surface area contributed by atoms with E-state index in [1.54, 1.807) is 6.20 Å². The molecule has 30 heavy (non-hydrogen) atoms. The number of aromatic nitrogens is 2. The van der Waals surface area contributed by atoms with Crippen LogP contribution in [0.5, 0.6) is 0 Å². The minimum Gasteiger partial charge on any atom is -0.357 e. The van der Waals surface area contributed by atoms with Gasteiger partial charge in [0.05, 0.1) is 6.54 Å². The molecule has 1 aliphatic heterocycles. The molecule has 9 heteroatoms. The van der Waals surface area contributed by atoms with E-state index >= 15 is 0 Å². The minimum atomic E-state index is 0. The van der Waals surface area contributed by atoms with Crippen LogP contribution in [0.15, 0.2) is 53.9 Å². The number of hydrogen-bond acceptors (Lipinski definition) is 4. The normalized spacial score (nSPS) is 14.2. The molecule has 2 aromatic heterocycles. The first-order valence-corrected chi connectivity index (χ1v) is 10.3. The molecule has 3 rings (SSSR count). The molecule has 0 spiro atoms. The third-order valence-electron chi connectivity index (χ3n) is 4.87. The van der Waals surface area contributed by atoms with E-state index in [0.29, 0.717) is 13.0 Å². The van der Waals surface area contributed by atoms with Crippen molar-refractivity contribution in [2.45, 2.75) is 19.9 Å². The van der Waals surface area contributed by atoms with Crippen LogP contribution in [0.1, 0.15) is 13.3 Å². The average molecular weight is 525 g/mol. The van der Waals surface area contributed by atoms with Crippen LogP contribution in [0.3, 0.4) is 0 Å². The first-order valence-electron chi connectivity index (χ1n) is 10.3. The molecule has 8 nitrogen and oxygen atoms in total. The lowest BCUT2D eigenvalue weighted by Gasteiger charge is -2.35. The lowest BCUT2D eigenvalue weighted by molar-refractivity contribution is -0.131. The van der Waals surface area contributed by atoms with Crippen molar-refractivity contribution in [3.63, 3.8) is 0 Å². The number of guanidine groups is 1. The molecule has 1 amide bonds. The minimum absolute atomic E-state index is 0. The van der Waals surface area contributed by atoms with Crippen LogP contribution in [-0.4, -0.2) is 72.1 Å². The molecule has 0 aromatic carbocycles. The molecule has 3 heterocycles. The predicted octanol–water partition coefficient (Wildman–Crippen LogP) is 1.80. The fraction of sp³-hybridized carbons (Fsp3) is 0.476. The van der Waals surface area contributed by atoms with Gasteiger partial charge in [0.1, 0.15) is 5.82 Å². The molecule has 1 aliphatic rings. The third kappa shape index (κ3) is 7.51. The number of aliphatic imine (C=N–C) groups is 1. The van der Waals surface area contributed by atoms with Crippen molar-refractivity contribution in [3.05, 3.63) is 48.9 Å². The lowest BCUT2D eigenvalue weighted by atomic mass is 10.2. The number of nitrogens with one attached hydrogen (secondary N) is 2. The highest BCUT2D eigenvalue weighted by Crippen LogP contribution is 2.12. The van der Waals surface area contributed by atoms with Crippen molar-refractivity contribution in [1.82, 2.24) is 25.1 Å². The fourth-order valence-electron chi connectivity index (χ4n) is 3.31. The smallest absolute Gasteiger partial charge is 0.224 e. The SMILES string of the molecule is CCNC(=NCCC(=O)N1CCN(c2ccccn2)CC1)NCCn1cccc1.I. The second kappa shape index (κ2) is 13.1. The number of hydrogen-bond donors (Lipinski definition) is 2. The Morgan fingerprint density at radius 1 is 1.10 bits per heavy atom. The second-order valence-electron chi connectivity index (χ2n) is 6.91. The summed E-state index contributed by atoms with van der Waals surface area (Å²) in [7, 11) is 0. The highest BCUT2D eigenvalue weighted by atomic mass is 127. The maximum Gasteiger partial charge on any atom is 0.224 e. The van der Waals surface area contributed by atoms with Crippen LogP contribution in [-0.2, 0) is 11.3 Å². The number of pyridine rings is 1. The van der Waals surface area contributed by atoms with Gasteiger partial charge in [0.2, 0.25) is 5.91 Å². The molecular formula is C21H32IN7O. The van der Waals surface area contributed by atoms with E-state index < -0.39 is 0 Å². The number of carbonyl (C=O) groups excluding carboxylic acids is 1. The van der Waals surface area contributed by atoms with Gasteiger partial charge in [-0.25, -0.2) is 4.98 Å². The van der Waals surface area contributed by atoms with Gasteiger partial charge in [-0.15, -0.1) is 24.0 Å². The monoisotopic (exact) mass is 525 g/mol. The van der Waals surface area contributed by atoms with Crippen LogP contribution in [0.2, 0.25) is 0 Å². The quantitative estimate of drug-likeness (QED) is 0.312. The Balaban J connectivity index is 0.00000320. The Morgan fingerprint density at radius 3 is 2.53 bits per heavy atom. The van der Waals surface area contributed by atoms with Crippen LogP contribution >= 0.6 is 24.0 Å². The van der Waals surface area contributed by atoms with Crippen LogP contribution in [0, 0.1) is 0 Å².